The second kappa shape index (κ2) is 4.80. The maximum Gasteiger partial charge on any atom is 0.127 e. The van der Waals surface area contributed by atoms with Crippen molar-refractivity contribution in [2.75, 3.05) is 20.2 Å². The van der Waals surface area contributed by atoms with Gasteiger partial charge in [0.2, 0.25) is 0 Å². The van der Waals surface area contributed by atoms with Gasteiger partial charge in [-0.25, -0.2) is 4.39 Å². The van der Waals surface area contributed by atoms with Gasteiger partial charge < -0.3 is 10.5 Å². The van der Waals surface area contributed by atoms with E-state index >= 15 is 0 Å². The summed E-state index contributed by atoms with van der Waals surface area (Å²) in [5, 5.41) is 0. The molecule has 0 unspecified atom stereocenters. The van der Waals surface area contributed by atoms with E-state index in [1.807, 2.05) is 0 Å². The number of methoxy groups -OCH3 is 1. The number of halogens is 1. The molecular weight excluding hydrogens is 207 g/mol. The molecule has 1 saturated heterocycles. The number of hydrogen-bond acceptors (Lipinski definition) is 3. The molecule has 1 heterocycles. The SMILES string of the molecule is COc1ccc(F)c(CN2CC[C@@H](N)C2)c1. The number of ether oxygens (including phenoxy) is 1. The number of nitrogens with zero attached hydrogens (tertiary/aromatic N) is 1. The molecule has 0 amide bonds. The van der Waals surface area contributed by atoms with Gasteiger partial charge in [0.05, 0.1) is 7.11 Å². The highest BCUT2D eigenvalue weighted by atomic mass is 19.1. The van der Waals surface area contributed by atoms with E-state index in [1.165, 1.54) is 6.07 Å². The molecule has 88 valence electrons. The first-order valence-electron chi connectivity index (χ1n) is 5.49. The Balaban J connectivity index is 2.08. The molecule has 4 heteroatoms. The van der Waals surface area contributed by atoms with Gasteiger partial charge in [0.25, 0.3) is 0 Å². The lowest BCUT2D eigenvalue weighted by Crippen LogP contribution is -2.26. The lowest BCUT2D eigenvalue weighted by atomic mass is 10.2. The standard InChI is InChI=1S/C12H17FN2O/c1-16-11-2-3-12(13)9(6-11)7-15-5-4-10(14)8-15/h2-3,6,10H,4-5,7-8,14H2,1H3/t10-/m1/s1. The van der Waals surface area contributed by atoms with Crippen LogP contribution in [0.1, 0.15) is 12.0 Å². The van der Waals surface area contributed by atoms with Gasteiger partial charge in [0.1, 0.15) is 11.6 Å². The smallest absolute Gasteiger partial charge is 0.127 e. The number of nitrogens with two attached hydrogens (primary N) is 1. The van der Waals surface area contributed by atoms with Crippen LogP contribution in [0.25, 0.3) is 0 Å². The van der Waals surface area contributed by atoms with Gasteiger partial charge in [-0.1, -0.05) is 0 Å². The van der Waals surface area contributed by atoms with Crippen LogP contribution >= 0.6 is 0 Å². The zero-order valence-corrected chi connectivity index (χ0v) is 9.45. The minimum atomic E-state index is -0.179. The third-order valence-electron chi connectivity index (χ3n) is 2.96. The summed E-state index contributed by atoms with van der Waals surface area (Å²) in [6.45, 7) is 2.39. The Morgan fingerprint density at radius 3 is 3.00 bits per heavy atom. The predicted octanol–water partition coefficient (Wildman–Crippen LogP) is 1.37. The maximum atomic E-state index is 13.5. The van der Waals surface area contributed by atoms with Crippen LogP contribution < -0.4 is 10.5 Å². The molecule has 1 aromatic carbocycles. The minimum absolute atomic E-state index is 0.179. The predicted molar refractivity (Wildman–Crippen MR) is 60.8 cm³/mol. The van der Waals surface area contributed by atoms with E-state index in [2.05, 4.69) is 4.90 Å². The van der Waals surface area contributed by atoms with Crippen molar-refractivity contribution in [3.63, 3.8) is 0 Å². The van der Waals surface area contributed by atoms with E-state index in [0.29, 0.717) is 17.9 Å². The maximum absolute atomic E-state index is 13.5. The fourth-order valence-electron chi connectivity index (χ4n) is 2.05. The van der Waals surface area contributed by atoms with Gasteiger partial charge in [-0.05, 0) is 24.6 Å². The molecule has 1 aromatic rings. The summed E-state index contributed by atoms with van der Waals surface area (Å²) >= 11 is 0. The van der Waals surface area contributed by atoms with Crippen molar-refractivity contribution in [2.24, 2.45) is 5.73 Å². The molecule has 1 aliphatic heterocycles. The Morgan fingerprint density at radius 2 is 2.38 bits per heavy atom. The topological polar surface area (TPSA) is 38.5 Å². The molecule has 0 aromatic heterocycles. The van der Waals surface area contributed by atoms with Gasteiger partial charge in [0, 0.05) is 31.2 Å². The Labute approximate surface area is 95.0 Å². The summed E-state index contributed by atoms with van der Waals surface area (Å²) in [5.74, 6) is 0.515. The fraction of sp³-hybridized carbons (Fsp3) is 0.500. The van der Waals surface area contributed by atoms with E-state index in [1.54, 1.807) is 19.2 Å². The summed E-state index contributed by atoms with van der Waals surface area (Å²) in [5.41, 5.74) is 6.49. The van der Waals surface area contributed by atoms with E-state index in [4.69, 9.17) is 10.5 Å². The first kappa shape index (κ1) is 11.4. The van der Waals surface area contributed by atoms with E-state index < -0.39 is 0 Å². The molecule has 16 heavy (non-hydrogen) atoms. The lowest BCUT2D eigenvalue weighted by molar-refractivity contribution is 0.320. The number of benzene rings is 1. The molecule has 2 N–H and O–H groups in total. The number of rotatable bonds is 3. The Morgan fingerprint density at radius 1 is 1.56 bits per heavy atom. The van der Waals surface area contributed by atoms with E-state index in [-0.39, 0.29) is 11.9 Å². The zero-order valence-electron chi connectivity index (χ0n) is 9.45. The summed E-state index contributed by atoms with van der Waals surface area (Å²) in [6.07, 6.45) is 0.992. The molecular formula is C12H17FN2O. The van der Waals surface area contributed by atoms with Crippen molar-refractivity contribution in [1.82, 2.24) is 4.90 Å². The molecule has 3 nitrogen and oxygen atoms in total. The highest BCUT2D eigenvalue weighted by Crippen LogP contribution is 2.19. The lowest BCUT2D eigenvalue weighted by Gasteiger charge is -2.16. The largest absolute Gasteiger partial charge is 0.497 e. The Hall–Kier alpha value is -1.13. The van der Waals surface area contributed by atoms with Crippen molar-refractivity contribution >= 4 is 0 Å². The molecule has 0 radical (unpaired) electrons. The first-order chi connectivity index (χ1) is 7.69. The summed E-state index contributed by atoms with van der Waals surface area (Å²) in [6, 6.07) is 5.06. The van der Waals surface area contributed by atoms with Gasteiger partial charge in [0.15, 0.2) is 0 Å². The van der Waals surface area contributed by atoms with Crippen LogP contribution in [0.3, 0.4) is 0 Å². The Kier molecular flexibility index (Phi) is 3.41. The second-order valence-corrected chi connectivity index (χ2v) is 4.24. The molecule has 1 atom stereocenters. The van der Waals surface area contributed by atoms with E-state index in [9.17, 15) is 4.39 Å². The third-order valence-corrected chi connectivity index (χ3v) is 2.96. The van der Waals surface area contributed by atoms with Crippen molar-refractivity contribution in [1.29, 1.82) is 0 Å². The fourth-order valence-corrected chi connectivity index (χ4v) is 2.05. The monoisotopic (exact) mass is 224 g/mol. The van der Waals surface area contributed by atoms with Crippen LogP contribution in [0.4, 0.5) is 4.39 Å². The van der Waals surface area contributed by atoms with Crippen molar-refractivity contribution in [2.45, 2.75) is 19.0 Å². The minimum Gasteiger partial charge on any atom is -0.497 e. The number of hydrogen-bond donors (Lipinski definition) is 1. The van der Waals surface area contributed by atoms with Gasteiger partial charge in [-0.15, -0.1) is 0 Å². The first-order valence-corrected chi connectivity index (χ1v) is 5.49. The molecule has 0 saturated carbocycles. The van der Waals surface area contributed by atoms with Gasteiger partial charge in [-0.2, -0.15) is 0 Å². The highest BCUT2D eigenvalue weighted by Gasteiger charge is 2.20. The van der Waals surface area contributed by atoms with Gasteiger partial charge in [-0.3, -0.25) is 4.90 Å². The van der Waals surface area contributed by atoms with Crippen LogP contribution in [0.5, 0.6) is 5.75 Å². The molecule has 1 fully saturated rings. The average molecular weight is 224 g/mol. The van der Waals surface area contributed by atoms with E-state index in [0.717, 1.165) is 19.5 Å². The molecule has 2 rings (SSSR count). The van der Waals surface area contributed by atoms with Crippen LogP contribution in [0, 0.1) is 5.82 Å². The van der Waals surface area contributed by atoms with Crippen LogP contribution in [-0.2, 0) is 6.54 Å². The quantitative estimate of drug-likeness (QED) is 0.842. The average Bonchev–Trinajstić information content (AvgIpc) is 2.67. The summed E-state index contributed by atoms with van der Waals surface area (Å²) < 4.78 is 18.6. The Bertz CT molecular complexity index is 370. The molecule has 0 bridgehead atoms. The van der Waals surface area contributed by atoms with Crippen LogP contribution in [0.2, 0.25) is 0 Å². The molecule has 1 aliphatic rings. The molecule has 0 aliphatic carbocycles. The summed E-state index contributed by atoms with van der Waals surface area (Å²) in [7, 11) is 1.59. The van der Waals surface area contributed by atoms with Crippen molar-refractivity contribution in [3.05, 3.63) is 29.6 Å². The highest BCUT2D eigenvalue weighted by molar-refractivity contribution is 5.29. The van der Waals surface area contributed by atoms with Crippen LogP contribution in [0.15, 0.2) is 18.2 Å². The zero-order chi connectivity index (χ0) is 11.5. The van der Waals surface area contributed by atoms with Crippen molar-refractivity contribution < 1.29 is 9.13 Å². The normalized spacial score (nSPS) is 21.3. The molecule has 0 spiro atoms. The third kappa shape index (κ3) is 2.51. The second-order valence-electron chi connectivity index (χ2n) is 4.24. The van der Waals surface area contributed by atoms with Crippen molar-refractivity contribution in [3.8, 4) is 5.75 Å². The number of likely N-dealkylation sites (tertiary alicyclic amines) is 1. The van der Waals surface area contributed by atoms with Crippen LogP contribution in [-0.4, -0.2) is 31.1 Å². The summed E-state index contributed by atoms with van der Waals surface area (Å²) in [4.78, 5) is 2.17. The van der Waals surface area contributed by atoms with Gasteiger partial charge >= 0.3 is 0 Å².